The molecule has 1 fully saturated rings. The highest BCUT2D eigenvalue weighted by atomic mass is 19.2. The van der Waals surface area contributed by atoms with Crippen LogP contribution in [0.15, 0.2) is 18.2 Å². The van der Waals surface area contributed by atoms with E-state index in [1.807, 2.05) is 6.92 Å². The Morgan fingerprint density at radius 3 is 2.84 bits per heavy atom. The molecule has 0 spiro atoms. The van der Waals surface area contributed by atoms with Gasteiger partial charge in [-0.2, -0.15) is 0 Å². The SMILES string of the molecule is CC1(C(=O)NCc2ccc(F)c(F)c2)CCCNC1. The lowest BCUT2D eigenvalue weighted by molar-refractivity contribution is -0.131. The third-order valence-corrected chi connectivity index (χ3v) is 3.58. The number of hydrogen-bond acceptors (Lipinski definition) is 2. The smallest absolute Gasteiger partial charge is 0.227 e. The van der Waals surface area contributed by atoms with Gasteiger partial charge in [-0.1, -0.05) is 6.07 Å². The van der Waals surface area contributed by atoms with Gasteiger partial charge >= 0.3 is 0 Å². The number of hydrogen-bond donors (Lipinski definition) is 2. The van der Waals surface area contributed by atoms with Crippen LogP contribution in [-0.4, -0.2) is 19.0 Å². The third-order valence-electron chi connectivity index (χ3n) is 3.58. The Kier molecular flexibility index (Phi) is 4.14. The first-order chi connectivity index (χ1) is 9.01. The van der Waals surface area contributed by atoms with Gasteiger partial charge in [0.15, 0.2) is 11.6 Å². The van der Waals surface area contributed by atoms with Crippen molar-refractivity contribution in [1.82, 2.24) is 10.6 Å². The van der Waals surface area contributed by atoms with Crippen LogP contribution in [0.5, 0.6) is 0 Å². The second-order valence-corrected chi connectivity index (χ2v) is 5.27. The number of nitrogens with one attached hydrogen (secondary N) is 2. The topological polar surface area (TPSA) is 41.1 Å². The van der Waals surface area contributed by atoms with Gasteiger partial charge in [0.25, 0.3) is 0 Å². The van der Waals surface area contributed by atoms with Crippen molar-refractivity contribution in [2.75, 3.05) is 13.1 Å². The fourth-order valence-electron chi connectivity index (χ4n) is 2.30. The van der Waals surface area contributed by atoms with Crippen LogP contribution in [0.1, 0.15) is 25.3 Å². The molecule has 5 heteroatoms. The van der Waals surface area contributed by atoms with Crippen LogP contribution in [-0.2, 0) is 11.3 Å². The average molecular weight is 268 g/mol. The number of benzene rings is 1. The molecule has 1 heterocycles. The predicted molar refractivity (Wildman–Crippen MR) is 68.4 cm³/mol. The lowest BCUT2D eigenvalue weighted by Gasteiger charge is -2.32. The number of rotatable bonds is 3. The van der Waals surface area contributed by atoms with Crippen molar-refractivity contribution < 1.29 is 13.6 Å². The molecule has 0 aliphatic carbocycles. The number of carbonyl (C=O) groups is 1. The lowest BCUT2D eigenvalue weighted by atomic mass is 9.82. The highest BCUT2D eigenvalue weighted by Gasteiger charge is 2.34. The average Bonchev–Trinajstić information content (AvgIpc) is 2.40. The van der Waals surface area contributed by atoms with E-state index in [4.69, 9.17) is 0 Å². The Balaban J connectivity index is 1.94. The second-order valence-electron chi connectivity index (χ2n) is 5.27. The maximum atomic E-state index is 13.0. The molecule has 1 saturated heterocycles. The van der Waals surface area contributed by atoms with E-state index in [1.54, 1.807) is 0 Å². The Hall–Kier alpha value is -1.49. The molecule has 1 aromatic carbocycles. The van der Waals surface area contributed by atoms with Crippen molar-refractivity contribution in [3.8, 4) is 0 Å². The van der Waals surface area contributed by atoms with Crippen LogP contribution in [0.3, 0.4) is 0 Å². The van der Waals surface area contributed by atoms with E-state index >= 15 is 0 Å². The first-order valence-corrected chi connectivity index (χ1v) is 6.44. The highest BCUT2D eigenvalue weighted by Crippen LogP contribution is 2.25. The summed E-state index contributed by atoms with van der Waals surface area (Å²) in [7, 11) is 0. The van der Waals surface area contributed by atoms with Gasteiger partial charge in [0, 0.05) is 13.1 Å². The van der Waals surface area contributed by atoms with Crippen molar-refractivity contribution in [3.05, 3.63) is 35.4 Å². The van der Waals surface area contributed by atoms with Crippen LogP contribution in [0.2, 0.25) is 0 Å². The fourth-order valence-corrected chi connectivity index (χ4v) is 2.30. The summed E-state index contributed by atoms with van der Waals surface area (Å²) in [6.45, 7) is 3.72. The normalized spacial score (nSPS) is 23.1. The van der Waals surface area contributed by atoms with E-state index in [0.717, 1.165) is 31.5 Å². The summed E-state index contributed by atoms with van der Waals surface area (Å²) >= 11 is 0. The lowest BCUT2D eigenvalue weighted by Crippen LogP contribution is -2.48. The Morgan fingerprint density at radius 1 is 1.42 bits per heavy atom. The van der Waals surface area contributed by atoms with E-state index in [2.05, 4.69) is 10.6 Å². The second kappa shape index (κ2) is 5.65. The molecule has 19 heavy (non-hydrogen) atoms. The van der Waals surface area contributed by atoms with Crippen molar-refractivity contribution in [3.63, 3.8) is 0 Å². The van der Waals surface area contributed by atoms with Crippen molar-refractivity contribution in [1.29, 1.82) is 0 Å². The molecule has 0 saturated carbocycles. The summed E-state index contributed by atoms with van der Waals surface area (Å²) in [5.41, 5.74) is 0.135. The van der Waals surface area contributed by atoms with Gasteiger partial charge in [0.1, 0.15) is 0 Å². The number of halogens is 2. The third kappa shape index (κ3) is 3.29. The molecule has 2 rings (SSSR count). The molecular formula is C14H18F2N2O. The summed E-state index contributed by atoms with van der Waals surface area (Å²) < 4.78 is 25.8. The van der Waals surface area contributed by atoms with E-state index in [0.29, 0.717) is 12.1 Å². The highest BCUT2D eigenvalue weighted by molar-refractivity contribution is 5.82. The quantitative estimate of drug-likeness (QED) is 0.880. The molecule has 0 aromatic heterocycles. The van der Waals surface area contributed by atoms with Crippen LogP contribution in [0.4, 0.5) is 8.78 Å². The van der Waals surface area contributed by atoms with E-state index < -0.39 is 17.0 Å². The molecule has 1 amide bonds. The number of carbonyl (C=O) groups excluding carboxylic acids is 1. The summed E-state index contributed by atoms with van der Waals surface area (Å²) in [5.74, 6) is -1.82. The molecule has 1 atom stereocenters. The largest absolute Gasteiger partial charge is 0.352 e. The van der Waals surface area contributed by atoms with E-state index in [9.17, 15) is 13.6 Å². The van der Waals surface area contributed by atoms with Crippen LogP contribution < -0.4 is 10.6 Å². The first kappa shape index (κ1) is 13.9. The molecule has 1 aliphatic rings. The zero-order chi connectivity index (χ0) is 13.9. The predicted octanol–water partition coefficient (Wildman–Crippen LogP) is 1.97. The van der Waals surface area contributed by atoms with Crippen LogP contribution >= 0.6 is 0 Å². The van der Waals surface area contributed by atoms with Gasteiger partial charge < -0.3 is 10.6 Å². The van der Waals surface area contributed by atoms with Crippen molar-refractivity contribution in [2.45, 2.75) is 26.3 Å². The molecule has 104 valence electrons. The Morgan fingerprint density at radius 2 is 2.21 bits per heavy atom. The maximum Gasteiger partial charge on any atom is 0.227 e. The summed E-state index contributed by atoms with van der Waals surface area (Å²) in [6.07, 6.45) is 1.80. The molecule has 3 nitrogen and oxygen atoms in total. The molecule has 1 unspecified atom stereocenters. The summed E-state index contributed by atoms with van der Waals surface area (Å²) in [5, 5.41) is 5.99. The van der Waals surface area contributed by atoms with E-state index in [1.165, 1.54) is 6.07 Å². The Bertz CT molecular complexity index is 471. The summed E-state index contributed by atoms with van der Waals surface area (Å²) in [6, 6.07) is 3.65. The van der Waals surface area contributed by atoms with Gasteiger partial charge in [0.2, 0.25) is 5.91 Å². The van der Waals surface area contributed by atoms with Crippen LogP contribution in [0.25, 0.3) is 0 Å². The standard InChI is InChI=1S/C14H18F2N2O/c1-14(5-2-6-17-9-14)13(19)18-8-10-3-4-11(15)12(16)7-10/h3-4,7,17H,2,5-6,8-9H2,1H3,(H,18,19). The molecule has 0 bridgehead atoms. The van der Waals surface area contributed by atoms with Crippen LogP contribution in [0, 0.1) is 17.0 Å². The van der Waals surface area contributed by atoms with Crippen molar-refractivity contribution >= 4 is 5.91 Å². The monoisotopic (exact) mass is 268 g/mol. The number of amides is 1. The minimum atomic E-state index is -0.891. The minimum absolute atomic E-state index is 0.0515. The molecule has 0 radical (unpaired) electrons. The van der Waals surface area contributed by atoms with Gasteiger partial charge in [-0.05, 0) is 44.0 Å². The first-order valence-electron chi connectivity index (χ1n) is 6.44. The molecule has 1 aromatic rings. The van der Waals surface area contributed by atoms with E-state index in [-0.39, 0.29) is 12.5 Å². The molecule has 2 N–H and O–H groups in total. The van der Waals surface area contributed by atoms with Gasteiger partial charge in [-0.25, -0.2) is 8.78 Å². The minimum Gasteiger partial charge on any atom is -0.352 e. The zero-order valence-electron chi connectivity index (χ0n) is 10.9. The van der Waals surface area contributed by atoms with Gasteiger partial charge in [-0.15, -0.1) is 0 Å². The van der Waals surface area contributed by atoms with Crippen molar-refractivity contribution in [2.24, 2.45) is 5.41 Å². The zero-order valence-corrected chi connectivity index (χ0v) is 10.9. The molecular weight excluding hydrogens is 250 g/mol. The summed E-state index contributed by atoms with van der Waals surface area (Å²) in [4.78, 5) is 12.1. The fraction of sp³-hybridized carbons (Fsp3) is 0.500. The maximum absolute atomic E-state index is 13.0. The van der Waals surface area contributed by atoms with Gasteiger partial charge in [-0.3, -0.25) is 4.79 Å². The Labute approximate surface area is 111 Å². The van der Waals surface area contributed by atoms with Gasteiger partial charge in [0.05, 0.1) is 5.41 Å². The molecule has 1 aliphatic heterocycles. The number of piperidine rings is 1.